The molecule has 1 heterocycles. The maximum Gasteiger partial charge on any atom is 0.214 e. The predicted octanol–water partition coefficient (Wildman–Crippen LogP) is 0.997. The van der Waals surface area contributed by atoms with Gasteiger partial charge in [-0.1, -0.05) is 12.1 Å². The first-order valence-electron chi connectivity index (χ1n) is 5.57. The van der Waals surface area contributed by atoms with E-state index in [4.69, 9.17) is 5.11 Å². The van der Waals surface area contributed by atoms with Crippen molar-refractivity contribution in [1.82, 2.24) is 0 Å². The van der Waals surface area contributed by atoms with Crippen LogP contribution in [-0.4, -0.2) is 38.5 Å². The Morgan fingerprint density at radius 2 is 1.63 bits per heavy atom. The van der Waals surface area contributed by atoms with Crippen molar-refractivity contribution < 1.29 is 23.6 Å². The van der Waals surface area contributed by atoms with Crippen LogP contribution in [-0.2, 0) is 0 Å². The fourth-order valence-corrected chi connectivity index (χ4v) is 2.39. The molecule has 0 amide bonds. The summed E-state index contributed by atoms with van der Waals surface area (Å²) in [7, 11) is 1.53. The summed E-state index contributed by atoms with van der Waals surface area (Å²) in [4.78, 5) is 3.31. The summed E-state index contributed by atoms with van der Waals surface area (Å²) in [5, 5.41) is 9.02. The normalized spacial score (nSPS) is 19.9. The van der Waals surface area contributed by atoms with Crippen molar-refractivity contribution in [1.29, 1.82) is 0 Å². The zero-order chi connectivity index (χ0) is 11.8. The minimum atomic E-state index is -1.55. The molecule has 0 saturated carbocycles. The van der Waals surface area contributed by atoms with Crippen LogP contribution in [0.25, 0.3) is 0 Å². The second kappa shape index (κ2) is 7.23. The molecule has 1 aliphatic rings. The molecule has 0 saturated heterocycles. The molecule has 0 radical (unpaired) electrons. The maximum atomic E-state index is 14.7. The molecule has 1 aliphatic heterocycles. The lowest BCUT2D eigenvalue weighted by Crippen LogP contribution is -2.55. The number of hydrogen-bond acceptors (Lipinski definition) is 3. The fourth-order valence-electron chi connectivity index (χ4n) is 2.39. The summed E-state index contributed by atoms with van der Waals surface area (Å²) in [5.74, 6) is -1.55. The quantitative estimate of drug-likeness (QED) is 0.509. The van der Waals surface area contributed by atoms with Crippen molar-refractivity contribution in [3.8, 4) is 0 Å². The van der Waals surface area contributed by atoms with Crippen LogP contribution in [0.4, 0.5) is 29.9 Å². The SMILES string of the molecule is BC1(F)N(CC)c2ccccc2N1CCO.F.F.F. The number of alkyl halides is 1. The highest BCUT2D eigenvalue weighted by molar-refractivity contribution is 6.19. The lowest BCUT2D eigenvalue weighted by molar-refractivity contribution is 0.237. The van der Waals surface area contributed by atoms with Gasteiger partial charge >= 0.3 is 0 Å². The Labute approximate surface area is 110 Å². The number of fused-ring (bicyclic) bond motifs is 1. The minimum Gasteiger partial charge on any atom is -0.395 e. The predicted molar refractivity (Wildman–Crippen MR) is 73.8 cm³/mol. The van der Waals surface area contributed by atoms with Crippen LogP contribution in [0.3, 0.4) is 0 Å². The first-order chi connectivity index (χ1) is 7.62. The molecule has 0 spiro atoms. The number of para-hydroxylation sites is 2. The van der Waals surface area contributed by atoms with Crippen LogP contribution < -0.4 is 9.80 Å². The molecule has 8 heteroatoms. The molecule has 110 valence electrons. The minimum absolute atomic E-state index is 0. The van der Waals surface area contributed by atoms with E-state index in [1.807, 2.05) is 31.2 Å². The van der Waals surface area contributed by atoms with Gasteiger partial charge in [0.05, 0.1) is 18.0 Å². The van der Waals surface area contributed by atoms with E-state index in [2.05, 4.69) is 0 Å². The van der Waals surface area contributed by atoms with Crippen LogP contribution in [0.2, 0.25) is 0 Å². The highest BCUT2D eigenvalue weighted by Crippen LogP contribution is 2.43. The van der Waals surface area contributed by atoms with E-state index >= 15 is 0 Å². The Kier molecular flexibility index (Phi) is 7.57. The van der Waals surface area contributed by atoms with Crippen molar-refractivity contribution >= 4 is 19.2 Å². The Morgan fingerprint density at radius 1 is 1.16 bits per heavy atom. The van der Waals surface area contributed by atoms with Gasteiger partial charge in [0.2, 0.25) is 13.7 Å². The molecule has 1 unspecified atom stereocenters. The summed E-state index contributed by atoms with van der Waals surface area (Å²) in [5.41, 5.74) is 1.74. The van der Waals surface area contributed by atoms with Gasteiger partial charge in [-0.3, -0.25) is 14.1 Å². The molecule has 2 rings (SSSR count). The van der Waals surface area contributed by atoms with Crippen LogP contribution in [0.5, 0.6) is 0 Å². The second-order valence-electron chi connectivity index (χ2n) is 4.01. The van der Waals surface area contributed by atoms with Gasteiger partial charge < -0.3 is 14.9 Å². The molecule has 1 aromatic rings. The number of halogens is 4. The zero-order valence-corrected chi connectivity index (χ0v) is 10.9. The van der Waals surface area contributed by atoms with Gasteiger partial charge in [-0.15, -0.1) is 0 Å². The van der Waals surface area contributed by atoms with Crippen LogP contribution >= 0.6 is 0 Å². The molecule has 3 nitrogen and oxygen atoms in total. The van der Waals surface area contributed by atoms with E-state index in [9.17, 15) is 4.39 Å². The largest absolute Gasteiger partial charge is 0.395 e. The molecule has 1 aromatic carbocycles. The Bertz CT molecular complexity index is 395. The first-order valence-corrected chi connectivity index (χ1v) is 5.57. The molecule has 0 bridgehead atoms. The third kappa shape index (κ3) is 2.94. The van der Waals surface area contributed by atoms with E-state index in [0.717, 1.165) is 11.4 Å². The number of aliphatic hydroxyl groups is 1. The molecule has 19 heavy (non-hydrogen) atoms. The van der Waals surface area contributed by atoms with Gasteiger partial charge in [0.25, 0.3) is 0 Å². The topological polar surface area (TPSA) is 26.7 Å². The number of anilines is 2. The monoisotopic (exact) mass is 282 g/mol. The van der Waals surface area contributed by atoms with Gasteiger partial charge in [-0.2, -0.15) is 0 Å². The molecular formula is C11H19BF4N2O. The number of aliphatic hydroxyl groups excluding tert-OH is 1. The Morgan fingerprint density at radius 3 is 2.05 bits per heavy atom. The van der Waals surface area contributed by atoms with Crippen LogP contribution in [0.1, 0.15) is 6.92 Å². The Hall–Kier alpha value is -1.44. The van der Waals surface area contributed by atoms with Crippen LogP contribution in [0.15, 0.2) is 24.3 Å². The second-order valence-corrected chi connectivity index (χ2v) is 4.01. The van der Waals surface area contributed by atoms with Crippen molar-refractivity contribution in [2.24, 2.45) is 0 Å². The molecule has 0 aliphatic carbocycles. The van der Waals surface area contributed by atoms with Gasteiger partial charge in [0.1, 0.15) is 0 Å². The summed E-state index contributed by atoms with van der Waals surface area (Å²) in [6.45, 7) is 2.79. The zero-order valence-electron chi connectivity index (χ0n) is 10.9. The van der Waals surface area contributed by atoms with Gasteiger partial charge in [0.15, 0.2) is 0 Å². The fraction of sp³-hybridized carbons (Fsp3) is 0.455. The third-order valence-corrected chi connectivity index (χ3v) is 3.09. The van der Waals surface area contributed by atoms with E-state index in [-0.39, 0.29) is 20.7 Å². The first kappa shape index (κ1) is 19.9. The van der Waals surface area contributed by atoms with Crippen molar-refractivity contribution in [2.75, 3.05) is 29.5 Å². The number of nitrogens with zero attached hydrogens (tertiary/aromatic N) is 2. The van der Waals surface area contributed by atoms with Gasteiger partial charge in [-0.05, 0) is 19.1 Å². The number of β-amino-alcohol motifs (C(OH)–C–C–N with tert-alkyl or cyclic N) is 1. The Balaban J connectivity index is 0. The number of hydrogen-bond donors (Lipinski definition) is 1. The van der Waals surface area contributed by atoms with Crippen molar-refractivity contribution in [3.63, 3.8) is 0 Å². The van der Waals surface area contributed by atoms with E-state index in [0.29, 0.717) is 13.1 Å². The van der Waals surface area contributed by atoms with Crippen molar-refractivity contribution in [3.05, 3.63) is 24.3 Å². The van der Waals surface area contributed by atoms with Crippen LogP contribution in [0, 0.1) is 0 Å². The van der Waals surface area contributed by atoms with Gasteiger partial charge in [0, 0.05) is 13.1 Å². The lowest BCUT2D eigenvalue weighted by atomic mass is 10.00. The highest BCUT2D eigenvalue weighted by Gasteiger charge is 2.44. The third-order valence-electron chi connectivity index (χ3n) is 3.09. The molecule has 0 fully saturated rings. The molecule has 0 aromatic heterocycles. The standard InChI is InChI=1S/C11H16BFN2O.3FH/c1-2-14-9-5-3-4-6-10(9)15(7-8-16)11(14,12)13;;;/h3-6,16H,2,7-8,12H2,1H3;3*1H. The molecule has 1 atom stereocenters. The van der Waals surface area contributed by atoms with E-state index in [1.54, 1.807) is 9.80 Å². The van der Waals surface area contributed by atoms with Crippen molar-refractivity contribution in [2.45, 2.75) is 12.7 Å². The van der Waals surface area contributed by atoms with E-state index < -0.39 is 5.82 Å². The molecular weight excluding hydrogens is 263 g/mol. The average molecular weight is 282 g/mol. The van der Waals surface area contributed by atoms with Gasteiger partial charge in [-0.25, -0.2) is 4.39 Å². The summed E-state index contributed by atoms with van der Waals surface area (Å²) in [6, 6.07) is 7.59. The highest BCUT2D eigenvalue weighted by atomic mass is 19.1. The number of rotatable bonds is 3. The lowest BCUT2D eigenvalue weighted by Gasteiger charge is -2.36. The van der Waals surface area contributed by atoms with E-state index in [1.165, 1.54) is 7.85 Å². The average Bonchev–Trinajstić information content (AvgIpc) is 2.48. The summed E-state index contributed by atoms with van der Waals surface area (Å²) in [6.07, 6.45) is 0. The number of benzene rings is 1. The summed E-state index contributed by atoms with van der Waals surface area (Å²) >= 11 is 0. The molecule has 1 N–H and O–H groups in total. The smallest absolute Gasteiger partial charge is 0.214 e. The maximum absolute atomic E-state index is 14.7. The summed E-state index contributed by atoms with van der Waals surface area (Å²) < 4.78 is 14.7.